The summed E-state index contributed by atoms with van der Waals surface area (Å²) < 4.78 is 10.6. The van der Waals surface area contributed by atoms with Crippen molar-refractivity contribution in [1.82, 2.24) is 15.0 Å². The summed E-state index contributed by atoms with van der Waals surface area (Å²) in [6.45, 7) is 2.79. The van der Waals surface area contributed by atoms with Gasteiger partial charge < -0.3 is 14.2 Å². The third-order valence-corrected chi connectivity index (χ3v) is 5.10. The highest BCUT2D eigenvalue weighted by Crippen LogP contribution is 2.21. The highest BCUT2D eigenvalue weighted by Gasteiger charge is 2.18. The standard InChI is InChI=1S/C24H23N3O3/c1-3-27(23(28)15-19-9-6-8-17-7-4-5-10-21(17)19)16-22-25-24(26-30-22)18-11-13-20(29-2)14-12-18/h4-14H,3,15-16H2,1-2H3. The average molecular weight is 401 g/mol. The number of hydrogen-bond donors (Lipinski definition) is 0. The second kappa shape index (κ2) is 8.78. The molecule has 30 heavy (non-hydrogen) atoms. The number of likely N-dealkylation sites (N-methyl/N-ethyl adjacent to an activating group) is 1. The fourth-order valence-electron chi connectivity index (χ4n) is 3.44. The van der Waals surface area contributed by atoms with Gasteiger partial charge in [0.05, 0.1) is 20.1 Å². The Kier molecular flexibility index (Phi) is 5.75. The number of methoxy groups -OCH3 is 1. The predicted molar refractivity (Wildman–Crippen MR) is 115 cm³/mol. The summed E-state index contributed by atoms with van der Waals surface area (Å²) in [7, 11) is 1.62. The number of benzene rings is 3. The van der Waals surface area contributed by atoms with E-state index in [4.69, 9.17) is 9.26 Å². The van der Waals surface area contributed by atoms with E-state index in [1.54, 1.807) is 12.0 Å². The molecule has 0 N–H and O–H groups in total. The monoisotopic (exact) mass is 401 g/mol. The van der Waals surface area contributed by atoms with Gasteiger partial charge in [-0.15, -0.1) is 0 Å². The van der Waals surface area contributed by atoms with Crippen LogP contribution in [0.25, 0.3) is 22.2 Å². The molecule has 0 aliphatic rings. The molecule has 0 aliphatic carbocycles. The Bertz CT molecular complexity index is 1150. The maximum atomic E-state index is 13.0. The minimum absolute atomic E-state index is 0.0260. The zero-order chi connectivity index (χ0) is 20.9. The van der Waals surface area contributed by atoms with Gasteiger partial charge in [-0.2, -0.15) is 4.98 Å². The zero-order valence-electron chi connectivity index (χ0n) is 17.0. The first-order valence-electron chi connectivity index (χ1n) is 9.89. The van der Waals surface area contributed by atoms with E-state index >= 15 is 0 Å². The first-order valence-corrected chi connectivity index (χ1v) is 9.89. The van der Waals surface area contributed by atoms with Crippen molar-refractivity contribution in [2.24, 2.45) is 0 Å². The lowest BCUT2D eigenvalue weighted by molar-refractivity contribution is -0.131. The van der Waals surface area contributed by atoms with Crippen LogP contribution in [0.1, 0.15) is 18.4 Å². The SMILES string of the molecule is CCN(Cc1nc(-c2ccc(OC)cc2)no1)C(=O)Cc1cccc2ccccc12. The third-order valence-electron chi connectivity index (χ3n) is 5.10. The summed E-state index contributed by atoms with van der Waals surface area (Å²) in [5.41, 5.74) is 1.84. The fraction of sp³-hybridized carbons (Fsp3) is 0.208. The van der Waals surface area contributed by atoms with Crippen LogP contribution in [0, 0.1) is 0 Å². The van der Waals surface area contributed by atoms with Gasteiger partial charge in [-0.3, -0.25) is 4.79 Å². The van der Waals surface area contributed by atoms with Crippen molar-refractivity contribution in [3.63, 3.8) is 0 Å². The van der Waals surface area contributed by atoms with Gasteiger partial charge in [0.2, 0.25) is 17.6 Å². The lowest BCUT2D eigenvalue weighted by atomic mass is 10.0. The van der Waals surface area contributed by atoms with Crippen LogP contribution in [0.4, 0.5) is 0 Å². The summed E-state index contributed by atoms with van der Waals surface area (Å²) in [5.74, 6) is 1.69. The molecule has 0 atom stereocenters. The molecule has 0 spiro atoms. The highest BCUT2D eigenvalue weighted by atomic mass is 16.5. The maximum Gasteiger partial charge on any atom is 0.246 e. The minimum Gasteiger partial charge on any atom is -0.497 e. The Morgan fingerprint density at radius 1 is 1.03 bits per heavy atom. The van der Waals surface area contributed by atoms with Crippen LogP contribution in [0.2, 0.25) is 0 Å². The Labute approximate surface area is 175 Å². The van der Waals surface area contributed by atoms with Gasteiger partial charge >= 0.3 is 0 Å². The number of amides is 1. The van der Waals surface area contributed by atoms with Crippen molar-refractivity contribution in [1.29, 1.82) is 0 Å². The second-order valence-electron chi connectivity index (χ2n) is 6.96. The predicted octanol–water partition coefficient (Wildman–Crippen LogP) is 4.49. The lowest BCUT2D eigenvalue weighted by Gasteiger charge is -2.19. The molecule has 0 aliphatic heterocycles. The summed E-state index contributed by atoms with van der Waals surface area (Å²) >= 11 is 0. The molecule has 0 saturated heterocycles. The van der Waals surface area contributed by atoms with Crippen LogP contribution < -0.4 is 4.74 Å². The van der Waals surface area contributed by atoms with Crippen LogP contribution in [-0.4, -0.2) is 34.6 Å². The number of carbonyl (C=O) groups is 1. The van der Waals surface area contributed by atoms with E-state index in [1.807, 2.05) is 61.5 Å². The summed E-state index contributed by atoms with van der Waals surface area (Å²) in [4.78, 5) is 19.1. The van der Waals surface area contributed by atoms with Gasteiger partial charge in [0.15, 0.2) is 0 Å². The highest BCUT2D eigenvalue weighted by molar-refractivity contribution is 5.90. The van der Waals surface area contributed by atoms with Crippen LogP contribution in [0.5, 0.6) is 5.75 Å². The Morgan fingerprint density at radius 3 is 2.57 bits per heavy atom. The maximum absolute atomic E-state index is 13.0. The molecule has 6 heteroatoms. The minimum atomic E-state index is 0.0260. The van der Waals surface area contributed by atoms with Crippen molar-refractivity contribution in [2.45, 2.75) is 19.9 Å². The van der Waals surface area contributed by atoms with Crippen LogP contribution >= 0.6 is 0 Å². The molecular formula is C24H23N3O3. The first-order chi connectivity index (χ1) is 14.7. The van der Waals surface area contributed by atoms with E-state index in [9.17, 15) is 4.79 Å². The van der Waals surface area contributed by atoms with Crippen LogP contribution in [-0.2, 0) is 17.8 Å². The molecule has 3 aromatic carbocycles. The Hall–Kier alpha value is -3.67. The van der Waals surface area contributed by atoms with E-state index < -0.39 is 0 Å². The molecule has 0 bridgehead atoms. The fourth-order valence-corrected chi connectivity index (χ4v) is 3.44. The normalized spacial score (nSPS) is 10.9. The molecule has 0 fully saturated rings. The molecule has 1 heterocycles. The average Bonchev–Trinajstić information content (AvgIpc) is 3.26. The second-order valence-corrected chi connectivity index (χ2v) is 6.96. The van der Waals surface area contributed by atoms with Crippen molar-refractivity contribution in [2.75, 3.05) is 13.7 Å². The van der Waals surface area contributed by atoms with Gasteiger partial charge in [0, 0.05) is 12.1 Å². The summed E-state index contributed by atoms with van der Waals surface area (Å²) in [6.07, 6.45) is 0.328. The molecule has 6 nitrogen and oxygen atoms in total. The van der Waals surface area contributed by atoms with E-state index in [0.717, 1.165) is 27.6 Å². The van der Waals surface area contributed by atoms with Crippen molar-refractivity contribution >= 4 is 16.7 Å². The molecule has 4 rings (SSSR count). The van der Waals surface area contributed by atoms with Crippen LogP contribution in [0.3, 0.4) is 0 Å². The molecule has 0 unspecified atom stereocenters. The van der Waals surface area contributed by atoms with Gasteiger partial charge in [0.1, 0.15) is 5.75 Å². The molecule has 0 radical (unpaired) electrons. The van der Waals surface area contributed by atoms with Gasteiger partial charge in [0.25, 0.3) is 0 Å². The van der Waals surface area contributed by atoms with Gasteiger partial charge in [-0.05, 0) is 47.5 Å². The van der Waals surface area contributed by atoms with Crippen molar-refractivity contribution in [3.8, 4) is 17.1 Å². The molecule has 1 amide bonds. The van der Waals surface area contributed by atoms with Gasteiger partial charge in [-0.25, -0.2) is 0 Å². The number of rotatable bonds is 7. The largest absolute Gasteiger partial charge is 0.497 e. The Morgan fingerprint density at radius 2 is 1.80 bits per heavy atom. The quantitative estimate of drug-likeness (QED) is 0.456. The topological polar surface area (TPSA) is 68.5 Å². The van der Waals surface area contributed by atoms with Gasteiger partial charge in [-0.1, -0.05) is 47.6 Å². The number of aromatic nitrogens is 2. The molecule has 4 aromatic rings. The number of ether oxygens (including phenoxy) is 1. The van der Waals surface area contributed by atoms with Crippen molar-refractivity contribution in [3.05, 3.63) is 78.2 Å². The van der Waals surface area contributed by atoms with E-state index in [1.165, 1.54) is 0 Å². The van der Waals surface area contributed by atoms with E-state index in [-0.39, 0.29) is 12.5 Å². The molecular weight excluding hydrogens is 378 g/mol. The zero-order valence-corrected chi connectivity index (χ0v) is 17.0. The van der Waals surface area contributed by atoms with Crippen molar-refractivity contribution < 1.29 is 14.1 Å². The number of fused-ring (bicyclic) bond motifs is 1. The number of nitrogens with zero attached hydrogens (tertiary/aromatic N) is 3. The lowest BCUT2D eigenvalue weighted by Crippen LogP contribution is -2.31. The first kappa shape index (κ1) is 19.6. The van der Waals surface area contributed by atoms with Crippen LogP contribution in [0.15, 0.2) is 71.3 Å². The molecule has 152 valence electrons. The molecule has 1 aromatic heterocycles. The smallest absolute Gasteiger partial charge is 0.246 e. The third kappa shape index (κ3) is 4.17. The van der Waals surface area contributed by atoms with E-state index in [0.29, 0.717) is 24.7 Å². The number of hydrogen-bond acceptors (Lipinski definition) is 5. The number of carbonyl (C=O) groups excluding carboxylic acids is 1. The Balaban J connectivity index is 1.47. The van der Waals surface area contributed by atoms with E-state index in [2.05, 4.69) is 22.3 Å². The summed E-state index contributed by atoms with van der Waals surface area (Å²) in [6, 6.07) is 21.6. The summed E-state index contributed by atoms with van der Waals surface area (Å²) in [5, 5.41) is 6.28. The molecule has 0 saturated carbocycles.